The van der Waals surface area contributed by atoms with Gasteiger partial charge in [0.1, 0.15) is 11.4 Å². The third-order valence-electron chi connectivity index (χ3n) is 6.93. The summed E-state index contributed by atoms with van der Waals surface area (Å²) in [6, 6.07) is 5.28. The summed E-state index contributed by atoms with van der Waals surface area (Å²) in [6.07, 6.45) is -13.3. The summed E-state index contributed by atoms with van der Waals surface area (Å²) < 4.78 is 111. The summed E-state index contributed by atoms with van der Waals surface area (Å²) in [5.74, 6) is -3.12. The van der Waals surface area contributed by atoms with Crippen molar-refractivity contribution in [3.63, 3.8) is 0 Å². The summed E-state index contributed by atoms with van der Waals surface area (Å²) in [5, 5.41) is 0. The van der Waals surface area contributed by atoms with Gasteiger partial charge >= 0.3 is 24.4 Å². The number of likely N-dealkylation sites (tertiary alicyclic amines) is 1. The van der Waals surface area contributed by atoms with E-state index in [0.717, 1.165) is 19.2 Å². The van der Waals surface area contributed by atoms with Crippen molar-refractivity contribution < 1.29 is 54.5 Å². The van der Waals surface area contributed by atoms with Gasteiger partial charge in [0.2, 0.25) is 0 Å². The van der Waals surface area contributed by atoms with Crippen LogP contribution < -0.4 is 0 Å². The second-order valence-corrected chi connectivity index (χ2v) is 11.2. The van der Waals surface area contributed by atoms with E-state index in [4.69, 9.17) is 14.2 Å². The van der Waals surface area contributed by atoms with Gasteiger partial charge in [-0.3, -0.25) is 4.79 Å². The monoisotopic (exact) mass is 607 g/mol. The third kappa shape index (κ3) is 7.73. The molecule has 232 valence electrons. The van der Waals surface area contributed by atoms with Crippen molar-refractivity contribution >= 4 is 12.1 Å². The molecule has 0 aromatic heterocycles. The van der Waals surface area contributed by atoms with E-state index in [2.05, 4.69) is 0 Å². The molecule has 42 heavy (non-hydrogen) atoms. The van der Waals surface area contributed by atoms with Crippen LogP contribution in [0.15, 0.2) is 42.5 Å². The number of carbonyl (C=O) groups excluding carboxylic acids is 2. The largest absolute Gasteiger partial charge is 0.469 e. The molecular formula is C29H32F7NO5. The number of amides is 1. The van der Waals surface area contributed by atoms with Crippen molar-refractivity contribution in [3.8, 4) is 0 Å². The SMILES string of the molecule is COC(=O)C(C)[C@H]1[C@H](c2ccc(F)cc2)[C@@H](O[C@H](C)c2cc(C(F)(F)F)cc(C(F)(F)F)c2)CN1C(=O)OC(C)(C)C. The highest BCUT2D eigenvalue weighted by molar-refractivity contribution is 5.76. The van der Waals surface area contributed by atoms with E-state index in [0.29, 0.717) is 17.7 Å². The van der Waals surface area contributed by atoms with Crippen LogP contribution in [0.25, 0.3) is 0 Å². The number of esters is 1. The third-order valence-corrected chi connectivity index (χ3v) is 6.93. The van der Waals surface area contributed by atoms with E-state index in [1.165, 1.54) is 30.9 Å². The molecule has 0 radical (unpaired) electrons. The number of ether oxygens (including phenoxy) is 3. The number of rotatable bonds is 6. The lowest BCUT2D eigenvalue weighted by atomic mass is 9.83. The maximum Gasteiger partial charge on any atom is 0.416 e. The van der Waals surface area contributed by atoms with Crippen molar-refractivity contribution in [3.05, 3.63) is 70.5 Å². The molecule has 6 nitrogen and oxygen atoms in total. The Morgan fingerprint density at radius 3 is 1.88 bits per heavy atom. The van der Waals surface area contributed by atoms with Crippen molar-refractivity contribution in [2.45, 2.75) is 76.7 Å². The molecule has 1 fully saturated rings. The Morgan fingerprint density at radius 1 is 0.905 bits per heavy atom. The van der Waals surface area contributed by atoms with Gasteiger partial charge < -0.3 is 19.1 Å². The highest BCUT2D eigenvalue weighted by Crippen LogP contribution is 2.43. The summed E-state index contributed by atoms with van der Waals surface area (Å²) in [4.78, 5) is 27.2. The Morgan fingerprint density at radius 2 is 1.43 bits per heavy atom. The van der Waals surface area contributed by atoms with Gasteiger partial charge in [0.05, 0.1) is 48.9 Å². The molecule has 0 spiro atoms. The minimum Gasteiger partial charge on any atom is -0.469 e. The van der Waals surface area contributed by atoms with Crippen LogP contribution in [0.4, 0.5) is 35.5 Å². The molecule has 0 N–H and O–H groups in total. The first-order valence-corrected chi connectivity index (χ1v) is 13.0. The number of alkyl halides is 6. The summed E-state index contributed by atoms with van der Waals surface area (Å²) in [5.41, 5.74) is -3.93. The molecule has 0 saturated carbocycles. The lowest BCUT2D eigenvalue weighted by Crippen LogP contribution is -2.46. The summed E-state index contributed by atoms with van der Waals surface area (Å²) in [7, 11) is 1.15. The zero-order valence-corrected chi connectivity index (χ0v) is 23.8. The van der Waals surface area contributed by atoms with Crippen LogP contribution in [0.2, 0.25) is 0 Å². The number of methoxy groups -OCH3 is 1. The maximum atomic E-state index is 13.8. The molecule has 3 rings (SSSR count). The number of carbonyl (C=O) groups is 2. The van der Waals surface area contributed by atoms with E-state index in [-0.39, 0.29) is 12.6 Å². The van der Waals surface area contributed by atoms with Gasteiger partial charge in [-0.15, -0.1) is 0 Å². The van der Waals surface area contributed by atoms with E-state index in [1.54, 1.807) is 20.8 Å². The van der Waals surface area contributed by atoms with Crippen LogP contribution in [0, 0.1) is 11.7 Å². The average molecular weight is 608 g/mol. The van der Waals surface area contributed by atoms with Crippen LogP contribution in [0.3, 0.4) is 0 Å². The molecule has 2 aromatic carbocycles. The second-order valence-electron chi connectivity index (χ2n) is 11.2. The van der Waals surface area contributed by atoms with E-state index < -0.39 is 82.6 Å². The Hall–Kier alpha value is -3.35. The Bertz CT molecular complexity index is 1240. The molecule has 1 unspecified atom stereocenters. The molecule has 13 heteroatoms. The topological polar surface area (TPSA) is 65.1 Å². The van der Waals surface area contributed by atoms with Gasteiger partial charge in [-0.1, -0.05) is 12.1 Å². The first kappa shape index (κ1) is 33.2. The minimum atomic E-state index is -5.06. The van der Waals surface area contributed by atoms with Crippen LogP contribution >= 0.6 is 0 Å². The Kier molecular flexibility index (Phi) is 9.55. The molecule has 1 aliphatic rings. The predicted octanol–water partition coefficient (Wildman–Crippen LogP) is 7.52. The fraction of sp³-hybridized carbons (Fsp3) is 0.517. The van der Waals surface area contributed by atoms with Crippen LogP contribution in [-0.2, 0) is 31.4 Å². The second kappa shape index (κ2) is 12.1. The van der Waals surface area contributed by atoms with Crippen molar-refractivity contribution in [2.75, 3.05) is 13.7 Å². The highest BCUT2D eigenvalue weighted by Gasteiger charge is 2.51. The van der Waals surface area contributed by atoms with Gasteiger partial charge in [-0.2, -0.15) is 26.3 Å². The van der Waals surface area contributed by atoms with E-state index in [1.807, 2.05) is 0 Å². The average Bonchev–Trinajstić information content (AvgIpc) is 3.25. The standard InChI is InChI=1S/C29H32F7NO5/c1-15(25(38)40-6)24-23(17-7-9-21(30)10-8-17)22(14-37(24)26(39)42-27(3,4)5)41-16(2)18-11-19(28(31,32)33)13-20(12-18)29(34,35)36/h7-13,15-16,22-24H,14H2,1-6H3/t15?,16-,22+,23-,24+/m1/s1. The molecule has 0 bridgehead atoms. The maximum absolute atomic E-state index is 13.8. The first-order valence-electron chi connectivity index (χ1n) is 13.0. The molecule has 1 amide bonds. The zero-order valence-electron chi connectivity index (χ0n) is 23.8. The molecule has 0 aliphatic carbocycles. The lowest BCUT2D eigenvalue weighted by Gasteiger charge is -2.33. The predicted molar refractivity (Wildman–Crippen MR) is 137 cm³/mol. The first-order chi connectivity index (χ1) is 19.2. The molecule has 1 saturated heterocycles. The Balaban J connectivity index is 2.11. The normalized spacial score (nSPS) is 21.2. The van der Waals surface area contributed by atoms with Crippen molar-refractivity contribution in [1.82, 2.24) is 4.90 Å². The van der Waals surface area contributed by atoms with Crippen LogP contribution in [-0.4, -0.2) is 48.4 Å². The molecule has 5 atom stereocenters. The quantitative estimate of drug-likeness (QED) is 0.251. The van der Waals surface area contributed by atoms with E-state index in [9.17, 15) is 40.3 Å². The fourth-order valence-corrected chi connectivity index (χ4v) is 5.04. The number of hydrogen-bond donors (Lipinski definition) is 0. The minimum absolute atomic E-state index is 0.0193. The smallest absolute Gasteiger partial charge is 0.416 e. The summed E-state index contributed by atoms with van der Waals surface area (Å²) in [6.45, 7) is 7.42. The van der Waals surface area contributed by atoms with Crippen molar-refractivity contribution in [1.29, 1.82) is 0 Å². The number of benzene rings is 2. The molecular weight excluding hydrogens is 575 g/mol. The van der Waals surface area contributed by atoms with E-state index >= 15 is 0 Å². The van der Waals surface area contributed by atoms with Gasteiger partial charge in [-0.05, 0) is 76.1 Å². The fourth-order valence-electron chi connectivity index (χ4n) is 5.04. The van der Waals surface area contributed by atoms with Gasteiger partial charge in [0, 0.05) is 5.92 Å². The van der Waals surface area contributed by atoms with Crippen LogP contribution in [0.1, 0.15) is 68.9 Å². The molecule has 2 aromatic rings. The molecule has 1 heterocycles. The highest BCUT2D eigenvalue weighted by atomic mass is 19.4. The van der Waals surface area contributed by atoms with Gasteiger partial charge in [0.15, 0.2) is 0 Å². The van der Waals surface area contributed by atoms with Crippen molar-refractivity contribution in [2.24, 2.45) is 5.92 Å². The number of hydrogen-bond acceptors (Lipinski definition) is 5. The number of nitrogens with zero attached hydrogens (tertiary/aromatic N) is 1. The molecule has 1 aliphatic heterocycles. The summed E-state index contributed by atoms with van der Waals surface area (Å²) >= 11 is 0. The zero-order chi connectivity index (χ0) is 31.8. The lowest BCUT2D eigenvalue weighted by molar-refractivity contribution is -0.147. The van der Waals surface area contributed by atoms with Gasteiger partial charge in [0.25, 0.3) is 0 Å². The van der Waals surface area contributed by atoms with Gasteiger partial charge in [-0.25, -0.2) is 9.18 Å². The Labute approximate surface area is 238 Å². The number of halogens is 7. The van der Waals surface area contributed by atoms with Crippen LogP contribution in [0.5, 0.6) is 0 Å².